The predicted octanol–water partition coefficient (Wildman–Crippen LogP) is 1.79. The van der Waals surface area contributed by atoms with Gasteiger partial charge >= 0.3 is 0 Å². The number of hydrogen-bond donors (Lipinski definition) is 2. The molecule has 0 bridgehead atoms. The van der Waals surface area contributed by atoms with Crippen molar-refractivity contribution < 1.29 is 13.2 Å². The van der Waals surface area contributed by atoms with Gasteiger partial charge in [-0.1, -0.05) is 6.07 Å². The number of nitrogens with zero attached hydrogens (tertiary/aromatic N) is 2. The minimum Gasteiger partial charge on any atom is -0.326 e. The molecule has 29 heavy (non-hydrogen) atoms. The lowest BCUT2D eigenvalue weighted by Crippen LogP contribution is -2.47. The van der Waals surface area contributed by atoms with E-state index in [-0.39, 0.29) is 46.9 Å². The van der Waals surface area contributed by atoms with Crippen molar-refractivity contribution in [3.63, 3.8) is 0 Å². The maximum absolute atomic E-state index is 12.9. The highest BCUT2D eigenvalue weighted by molar-refractivity contribution is 7.89. The molecule has 1 aromatic rings. The lowest BCUT2D eigenvalue weighted by Gasteiger charge is -2.31. The largest absolute Gasteiger partial charge is 0.326 e. The first-order chi connectivity index (χ1) is 12.9. The second-order valence-electron chi connectivity index (χ2n) is 8.09. The van der Waals surface area contributed by atoms with Gasteiger partial charge in [-0.3, -0.25) is 4.79 Å². The number of carbonyl (C=O) groups excluding carboxylic acids is 1. The molecule has 3 fully saturated rings. The van der Waals surface area contributed by atoms with Crippen molar-refractivity contribution in [2.45, 2.75) is 24.2 Å². The van der Waals surface area contributed by atoms with E-state index >= 15 is 0 Å². The average Bonchev–Trinajstić information content (AvgIpc) is 3.36. The molecule has 3 aliphatic rings. The highest BCUT2D eigenvalue weighted by Gasteiger charge is 2.57. The number of piperidine rings is 1. The van der Waals surface area contributed by atoms with Gasteiger partial charge in [-0.15, -0.1) is 24.8 Å². The van der Waals surface area contributed by atoms with E-state index < -0.39 is 10.0 Å². The third-order valence-electron chi connectivity index (χ3n) is 6.31. The van der Waals surface area contributed by atoms with Gasteiger partial charge in [0.1, 0.15) is 0 Å². The fourth-order valence-electron chi connectivity index (χ4n) is 4.34. The molecule has 1 aromatic carbocycles. The van der Waals surface area contributed by atoms with Gasteiger partial charge in [0.25, 0.3) is 0 Å². The van der Waals surface area contributed by atoms with Gasteiger partial charge in [-0.25, -0.2) is 8.42 Å². The number of benzene rings is 1. The summed E-state index contributed by atoms with van der Waals surface area (Å²) >= 11 is 0. The van der Waals surface area contributed by atoms with Gasteiger partial charge in [0.05, 0.1) is 4.90 Å². The number of nitrogens with one attached hydrogen (secondary N) is 2. The van der Waals surface area contributed by atoms with Crippen molar-refractivity contribution in [1.82, 2.24) is 14.5 Å². The first kappa shape index (κ1) is 24.4. The van der Waals surface area contributed by atoms with Gasteiger partial charge in [-0.05, 0) is 63.0 Å². The van der Waals surface area contributed by atoms with Crippen LogP contribution in [0.15, 0.2) is 29.2 Å². The molecule has 2 heterocycles. The molecular weight excluding hydrogens is 435 g/mol. The summed E-state index contributed by atoms with van der Waals surface area (Å²) in [4.78, 5) is 15.0. The Bertz CT molecular complexity index is 822. The first-order valence-electron chi connectivity index (χ1n) is 9.71. The van der Waals surface area contributed by atoms with E-state index in [1.54, 1.807) is 24.3 Å². The van der Waals surface area contributed by atoms with Crippen LogP contribution in [-0.2, 0) is 14.8 Å². The van der Waals surface area contributed by atoms with Gasteiger partial charge in [0.2, 0.25) is 15.9 Å². The van der Waals surface area contributed by atoms with Crippen LogP contribution in [0.25, 0.3) is 0 Å². The Morgan fingerprint density at radius 3 is 2.45 bits per heavy atom. The van der Waals surface area contributed by atoms with Crippen LogP contribution in [0.2, 0.25) is 0 Å². The highest BCUT2D eigenvalue weighted by atomic mass is 35.5. The maximum atomic E-state index is 12.9. The van der Waals surface area contributed by atoms with Crippen LogP contribution in [0, 0.1) is 11.3 Å². The first-order valence-corrected chi connectivity index (χ1v) is 11.2. The van der Waals surface area contributed by atoms with Crippen LogP contribution in [0.5, 0.6) is 0 Å². The van der Waals surface area contributed by atoms with Gasteiger partial charge in [-0.2, -0.15) is 4.31 Å². The summed E-state index contributed by atoms with van der Waals surface area (Å²) in [5.74, 6) is 0.0727. The van der Waals surface area contributed by atoms with E-state index in [1.165, 1.54) is 4.31 Å². The van der Waals surface area contributed by atoms with E-state index in [1.807, 2.05) is 7.05 Å². The summed E-state index contributed by atoms with van der Waals surface area (Å²) in [7, 11) is -1.54. The topological polar surface area (TPSA) is 81.8 Å². The van der Waals surface area contributed by atoms with Crippen LogP contribution in [0.3, 0.4) is 0 Å². The molecule has 1 spiro atoms. The number of rotatable bonds is 4. The number of sulfonamides is 1. The number of anilines is 1. The monoisotopic (exact) mass is 464 g/mol. The second kappa shape index (κ2) is 9.49. The Labute approximate surface area is 185 Å². The molecule has 7 nitrogen and oxygen atoms in total. The van der Waals surface area contributed by atoms with Crippen molar-refractivity contribution in [2.24, 2.45) is 11.3 Å². The Balaban J connectivity index is 0.00000150. The molecule has 4 rings (SSSR count). The summed E-state index contributed by atoms with van der Waals surface area (Å²) in [5, 5.41) is 6.29. The molecule has 164 valence electrons. The van der Waals surface area contributed by atoms with Crippen LogP contribution in [0.1, 0.15) is 19.3 Å². The van der Waals surface area contributed by atoms with E-state index in [4.69, 9.17) is 0 Å². The quantitative estimate of drug-likeness (QED) is 0.709. The van der Waals surface area contributed by atoms with Gasteiger partial charge in [0.15, 0.2) is 0 Å². The van der Waals surface area contributed by atoms with Crippen LogP contribution < -0.4 is 10.6 Å². The zero-order chi connectivity index (χ0) is 19.1. The Kier molecular flexibility index (Phi) is 7.98. The summed E-state index contributed by atoms with van der Waals surface area (Å²) < 4.78 is 27.3. The molecule has 1 aliphatic carbocycles. The Morgan fingerprint density at radius 2 is 1.79 bits per heavy atom. The number of likely N-dealkylation sites (N-methyl/N-ethyl adjacent to an activating group) is 1. The average molecular weight is 465 g/mol. The molecule has 0 radical (unpaired) electrons. The standard InChI is InChI=1S/C19H28N4O3S.2ClH/c1-22-9-11-23(12-10-22)27(25,26)16-4-2-3-15(13-16)21-18(24)17-14-19(17)5-7-20-8-6-19;;/h2-4,13,17,20H,5-12,14H2,1H3,(H,21,24);2*1H. The van der Waals surface area contributed by atoms with E-state index in [0.717, 1.165) is 45.4 Å². The molecule has 2 saturated heterocycles. The van der Waals surface area contributed by atoms with Crippen LogP contribution in [0.4, 0.5) is 5.69 Å². The van der Waals surface area contributed by atoms with Gasteiger partial charge < -0.3 is 15.5 Å². The zero-order valence-corrected chi connectivity index (χ0v) is 19.0. The minimum absolute atomic E-state index is 0. The van der Waals surface area contributed by atoms with Crippen molar-refractivity contribution in [2.75, 3.05) is 51.6 Å². The van der Waals surface area contributed by atoms with Crippen molar-refractivity contribution in [1.29, 1.82) is 0 Å². The fourth-order valence-corrected chi connectivity index (χ4v) is 5.81. The molecule has 10 heteroatoms. The van der Waals surface area contributed by atoms with Crippen LogP contribution in [-0.4, -0.2) is 69.8 Å². The second-order valence-corrected chi connectivity index (χ2v) is 10.0. The maximum Gasteiger partial charge on any atom is 0.243 e. The lowest BCUT2D eigenvalue weighted by atomic mass is 9.92. The molecule has 2 aliphatic heterocycles. The number of carbonyl (C=O) groups is 1. The van der Waals surface area contributed by atoms with Crippen LogP contribution >= 0.6 is 24.8 Å². The molecule has 2 N–H and O–H groups in total. The summed E-state index contributed by atoms with van der Waals surface area (Å²) in [6.07, 6.45) is 3.03. The Hall–Kier alpha value is -0.900. The van der Waals surface area contributed by atoms with E-state index in [2.05, 4.69) is 15.5 Å². The third kappa shape index (κ3) is 5.06. The smallest absolute Gasteiger partial charge is 0.243 e. The molecular formula is C19H30Cl2N4O3S. The molecule has 1 atom stereocenters. The summed E-state index contributed by atoms with van der Waals surface area (Å²) in [6.45, 7) is 4.40. The van der Waals surface area contributed by atoms with Gasteiger partial charge in [0, 0.05) is 37.8 Å². The molecule has 1 amide bonds. The van der Waals surface area contributed by atoms with Crippen molar-refractivity contribution in [3.05, 3.63) is 24.3 Å². The molecule has 0 aromatic heterocycles. The zero-order valence-electron chi connectivity index (χ0n) is 16.6. The number of piperazine rings is 1. The normalized spacial score (nSPS) is 24.2. The summed E-state index contributed by atoms with van der Waals surface area (Å²) in [5.41, 5.74) is 0.727. The SMILES string of the molecule is CN1CCN(S(=O)(=O)c2cccc(NC(=O)C3CC34CCNCC4)c2)CC1.Cl.Cl. The fraction of sp³-hybridized carbons (Fsp3) is 0.632. The molecule has 1 saturated carbocycles. The third-order valence-corrected chi connectivity index (χ3v) is 8.20. The predicted molar refractivity (Wildman–Crippen MR) is 118 cm³/mol. The van der Waals surface area contributed by atoms with Crippen molar-refractivity contribution >= 4 is 46.4 Å². The van der Waals surface area contributed by atoms with E-state index in [0.29, 0.717) is 18.8 Å². The highest BCUT2D eigenvalue weighted by Crippen LogP contribution is 2.58. The van der Waals surface area contributed by atoms with Crippen molar-refractivity contribution in [3.8, 4) is 0 Å². The lowest BCUT2D eigenvalue weighted by molar-refractivity contribution is -0.118. The Morgan fingerprint density at radius 1 is 1.14 bits per heavy atom. The number of amides is 1. The number of hydrogen-bond acceptors (Lipinski definition) is 5. The van der Waals surface area contributed by atoms with E-state index in [9.17, 15) is 13.2 Å². The summed E-state index contributed by atoms with van der Waals surface area (Å²) in [6, 6.07) is 6.65. The molecule has 1 unspecified atom stereocenters. The minimum atomic E-state index is -3.53. The number of halogens is 2.